The van der Waals surface area contributed by atoms with Crippen LogP contribution in [0, 0.1) is 0 Å². The second-order valence-corrected chi connectivity index (χ2v) is 8.64. The molecule has 2 amide bonds. The molecule has 0 N–H and O–H groups in total. The zero-order valence-corrected chi connectivity index (χ0v) is 17.5. The Morgan fingerprint density at radius 1 is 0.929 bits per heavy atom. The molecule has 0 spiro atoms. The Kier molecular flexibility index (Phi) is 5.81. The number of hydrogen-bond acceptors (Lipinski definition) is 2. The summed E-state index contributed by atoms with van der Waals surface area (Å²) >= 11 is 3.51. The molecule has 1 heterocycles. The van der Waals surface area contributed by atoms with Crippen LogP contribution >= 0.6 is 15.9 Å². The summed E-state index contributed by atoms with van der Waals surface area (Å²) in [5.74, 6) is 0.0829. The molecule has 2 aromatic rings. The van der Waals surface area contributed by atoms with Gasteiger partial charge in [-0.25, -0.2) is 0 Å². The van der Waals surface area contributed by atoms with Crippen molar-refractivity contribution in [2.24, 2.45) is 0 Å². The predicted molar refractivity (Wildman–Crippen MR) is 112 cm³/mol. The number of carbonyl (C=O) groups excluding carboxylic acids is 2. The van der Waals surface area contributed by atoms with Crippen molar-refractivity contribution in [3.8, 4) is 0 Å². The average Bonchev–Trinajstić information content (AvgIpc) is 2.72. The summed E-state index contributed by atoms with van der Waals surface area (Å²) in [5.41, 5.74) is 1.90. The van der Waals surface area contributed by atoms with Crippen molar-refractivity contribution < 1.29 is 9.59 Å². The molecule has 146 valence electrons. The molecule has 0 radical (unpaired) electrons. The Morgan fingerprint density at radius 3 is 2.39 bits per heavy atom. The van der Waals surface area contributed by atoms with Crippen LogP contribution in [0.25, 0.3) is 0 Å². The Balaban J connectivity index is 1.68. The molecule has 4 rings (SSSR count). The van der Waals surface area contributed by atoms with E-state index in [9.17, 15) is 9.59 Å². The molecule has 1 unspecified atom stereocenters. The second kappa shape index (κ2) is 8.48. The highest BCUT2D eigenvalue weighted by atomic mass is 79.9. The third-order valence-electron chi connectivity index (χ3n) is 5.83. The van der Waals surface area contributed by atoms with Gasteiger partial charge in [0.2, 0.25) is 5.91 Å². The van der Waals surface area contributed by atoms with Crippen LogP contribution in [-0.2, 0) is 16.1 Å². The van der Waals surface area contributed by atoms with Crippen LogP contribution < -0.4 is 0 Å². The minimum absolute atomic E-state index is 0.0269. The lowest BCUT2D eigenvalue weighted by Crippen LogP contribution is -2.58. The molecule has 1 saturated heterocycles. The van der Waals surface area contributed by atoms with Crippen LogP contribution in [0.2, 0.25) is 0 Å². The van der Waals surface area contributed by atoms with Crippen molar-refractivity contribution in [3.63, 3.8) is 0 Å². The molecule has 1 aliphatic carbocycles. The first-order valence-electron chi connectivity index (χ1n) is 10.0. The van der Waals surface area contributed by atoms with Crippen LogP contribution in [0.5, 0.6) is 0 Å². The second-order valence-electron chi connectivity index (χ2n) is 7.72. The molecular formula is C23H25BrN2O2. The van der Waals surface area contributed by atoms with Crippen LogP contribution in [0.4, 0.5) is 0 Å². The lowest BCUT2D eigenvalue weighted by Gasteiger charge is -2.44. The molecule has 2 aliphatic rings. The summed E-state index contributed by atoms with van der Waals surface area (Å²) in [4.78, 5) is 30.4. The van der Waals surface area contributed by atoms with Gasteiger partial charge in [-0.3, -0.25) is 9.59 Å². The third-order valence-corrected chi connectivity index (χ3v) is 6.32. The van der Waals surface area contributed by atoms with Gasteiger partial charge in [-0.15, -0.1) is 0 Å². The number of carbonyl (C=O) groups is 2. The van der Waals surface area contributed by atoms with E-state index in [4.69, 9.17) is 0 Å². The van der Waals surface area contributed by atoms with Gasteiger partial charge in [0.1, 0.15) is 12.6 Å². The van der Waals surface area contributed by atoms with Crippen LogP contribution in [0.15, 0.2) is 59.1 Å². The van der Waals surface area contributed by atoms with E-state index in [0.717, 1.165) is 41.3 Å². The Bertz CT molecular complexity index is 849. The van der Waals surface area contributed by atoms with E-state index in [2.05, 4.69) is 15.9 Å². The lowest BCUT2D eigenvalue weighted by molar-refractivity contribution is -0.160. The summed E-state index contributed by atoms with van der Waals surface area (Å²) in [6.07, 6.45) is 5.50. The monoisotopic (exact) mass is 440 g/mol. The van der Waals surface area contributed by atoms with E-state index in [1.54, 1.807) is 4.90 Å². The number of benzene rings is 2. The lowest BCUT2D eigenvalue weighted by atomic mass is 9.91. The van der Waals surface area contributed by atoms with Gasteiger partial charge in [-0.05, 0) is 36.1 Å². The summed E-state index contributed by atoms with van der Waals surface area (Å²) in [5, 5.41) is 0. The molecule has 0 aromatic heterocycles. The SMILES string of the molecule is O=C1C(c2cccc(Br)c2)N(Cc2ccccc2)C(=O)CN1C1CCCCC1. The Labute approximate surface area is 174 Å². The molecule has 28 heavy (non-hydrogen) atoms. The largest absolute Gasteiger partial charge is 0.328 e. The van der Waals surface area contributed by atoms with Crippen LogP contribution in [0.3, 0.4) is 0 Å². The number of amides is 2. The van der Waals surface area contributed by atoms with E-state index >= 15 is 0 Å². The maximum Gasteiger partial charge on any atom is 0.250 e. The third kappa shape index (κ3) is 4.00. The zero-order chi connectivity index (χ0) is 19.5. The summed E-state index contributed by atoms with van der Waals surface area (Å²) < 4.78 is 0.916. The van der Waals surface area contributed by atoms with E-state index in [-0.39, 0.29) is 24.4 Å². The standard InChI is InChI=1S/C23H25BrN2O2/c24-19-11-7-10-18(14-19)22-23(28)25(20-12-5-2-6-13-20)16-21(27)26(22)15-17-8-3-1-4-9-17/h1,3-4,7-11,14,20,22H,2,5-6,12-13,15-16H2. The van der Waals surface area contributed by atoms with Crippen LogP contribution in [0.1, 0.15) is 49.3 Å². The van der Waals surface area contributed by atoms with Crippen molar-refractivity contribution in [3.05, 3.63) is 70.2 Å². The molecule has 2 fully saturated rings. The maximum absolute atomic E-state index is 13.6. The van der Waals surface area contributed by atoms with Gasteiger partial charge < -0.3 is 9.80 Å². The van der Waals surface area contributed by atoms with Crippen molar-refractivity contribution >= 4 is 27.7 Å². The van der Waals surface area contributed by atoms with Gasteiger partial charge in [0.05, 0.1) is 0 Å². The van der Waals surface area contributed by atoms with Crippen molar-refractivity contribution in [2.45, 2.75) is 50.7 Å². The normalized spacial score (nSPS) is 21.2. The molecule has 2 aromatic carbocycles. The van der Waals surface area contributed by atoms with Gasteiger partial charge in [-0.2, -0.15) is 0 Å². The number of hydrogen-bond donors (Lipinski definition) is 0. The Hall–Kier alpha value is -2.14. The van der Waals surface area contributed by atoms with E-state index in [1.165, 1.54) is 6.42 Å². The molecule has 1 atom stereocenters. The minimum atomic E-state index is -0.569. The zero-order valence-electron chi connectivity index (χ0n) is 15.9. The Morgan fingerprint density at radius 2 is 1.68 bits per heavy atom. The molecule has 0 bridgehead atoms. The molecule has 1 aliphatic heterocycles. The first-order chi connectivity index (χ1) is 13.6. The summed E-state index contributed by atoms with van der Waals surface area (Å²) in [6.45, 7) is 0.641. The van der Waals surface area contributed by atoms with Gasteiger partial charge in [0.25, 0.3) is 5.91 Å². The minimum Gasteiger partial charge on any atom is -0.328 e. The van der Waals surface area contributed by atoms with Crippen molar-refractivity contribution in [1.29, 1.82) is 0 Å². The van der Waals surface area contributed by atoms with Gasteiger partial charge in [0.15, 0.2) is 0 Å². The number of piperazine rings is 1. The van der Waals surface area contributed by atoms with Crippen molar-refractivity contribution in [1.82, 2.24) is 9.80 Å². The van der Waals surface area contributed by atoms with E-state index in [0.29, 0.717) is 6.54 Å². The van der Waals surface area contributed by atoms with Crippen LogP contribution in [-0.4, -0.2) is 34.2 Å². The van der Waals surface area contributed by atoms with Gasteiger partial charge in [0, 0.05) is 17.1 Å². The average molecular weight is 441 g/mol. The quantitative estimate of drug-likeness (QED) is 0.691. The molecular weight excluding hydrogens is 416 g/mol. The maximum atomic E-state index is 13.6. The summed E-state index contributed by atoms with van der Waals surface area (Å²) in [7, 11) is 0. The highest BCUT2D eigenvalue weighted by Gasteiger charge is 2.42. The number of rotatable bonds is 4. The fourth-order valence-electron chi connectivity index (χ4n) is 4.41. The van der Waals surface area contributed by atoms with Crippen molar-refractivity contribution in [2.75, 3.05) is 6.54 Å². The first-order valence-corrected chi connectivity index (χ1v) is 10.8. The first kappa shape index (κ1) is 19.2. The van der Waals surface area contributed by atoms with Gasteiger partial charge in [-0.1, -0.05) is 77.7 Å². The highest BCUT2D eigenvalue weighted by molar-refractivity contribution is 9.10. The number of halogens is 1. The molecule has 5 heteroatoms. The molecule has 1 saturated carbocycles. The highest BCUT2D eigenvalue weighted by Crippen LogP contribution is 2.34. The topological polar surface area (TPSA) is 40.6 Å². The molecule has 4 nitrogen and oxygen atoms in total. The summed E-state index contributed by atoms with van der Waals surface area (Å²) in [6, 6.07) is 17.3. The van der Waals surface area contributed by atoms with Gasteiger partial charge >= 0.3 is 0 Å². The van der Waals surface area contributed by atoms with E-state index < -0.39 is 6.04 Å². The fourth-order valence-corrected chi connectivity index (χ4v) is 4.83. The predicted octanol–water partition coefficient (Wildman–Crippen LogP) is 4.69. The smallest absolute Gasteiger partial charge is 0.250 e. The van der Waals surface area contributed by atoms with E-state index in [1.807, 2.05) is 59.5 Å². The number of nitrogens with zero attached hydrogens (tertiary/aromatic N) is 2. The fraction of sp³-hybridized carbons (Fsp3) is 0.391.